The number of piperidine rings is 1. The standard InChI is InChI=1S/C18H26N2.2ClH/c1-12-17-9-14-5-6-15(19)10-16(14)18(12,2)7-8-20(17)11-13-3-4-13;;/h5-6,10,12-13,17H,3-4,7-9,11,19H2,1-2H3;2*1H/t12-,17-,18-;;/m1../s1. The highest BCUT2D eigenvalue weighted by Gasteiger charge is 2.48. The summed E-state index contributed by atoms with van der Waals surface area (Å²) < 4.78 is 0. The normalized spacial score (nSPS) is 33.4. The number of nitrogen functional groups attached to an aromatic ring is 1. The van der Waals surface area contributed by atoms with Gasteiger partial charge >= 0.3 is 0 Å². The fourth-order valence-electron chi connectivity index (χ4n) is 4.58. The summed E-state index contributed by atoms with van der Waals surface area (Å²) in [4.78, 5) is 2.80. The van der Waals surface area contributed by atoms with Crippen LogP contribution in [0.3, 0.4) is 0 Å². The van der Waals surface area contributed by atoms with Gasteiger partial charge in [0, 0.05) is 18.3 Å². The summed E-state index contributed by atoms with van der Waals surface area (Å²) >= 11 is 0. The molecule has 4 rings (SSSR count). The van der Waals surface area contributed by atoms with Crippen LogP contribution in [0.1, 0.15) is 44.2 Å². The molecule has 2 nitrogen and oxygen atoms in total. The van der Waals surface area contributed by atoms with Crippen LogP contribution in [0, 0.1) is 11.8 Å². The lowest BCUT2D eigenvalue weighted by molar-refractivity contribution is 0.0284. The van der Waals surface area contributed by atoms with Crippen molar-refractivity contribution >= 4 is 30.5 Å². The minimum absolute atomic E-state index is 0. The first-order valence-electron chi connectivity index (χ1n) is 8.21. The van der Waals surface area contributed by atoms with E-state index in [9.17, 15) is 0 Å². The predicted octanol–water partition coefficient (Wildman–Crippen LogP) is 4.05. The molecule has 1 aliphatic heterocycles. The van der Waals surface area contributed by atoms with E-state index in [-0.39, 0.29) is 24.8 Å². The number of likely N-dealkylation sites (tertiary alicyclic amines) is 1. The molecule has 2 bridgehead atoms. The van der Waals surface area contributed by atoms with E-state index in [1.165, 1.54) is 44.3 Å². The van der Waals surface area contributed by atoms with E-state index >= 15 is 0 Å². The Morgan fingerprint density at radius 1 is 1.27 bits per heavy atom. The van der Waals surface area contributed by atoms with Crippen molar-refractivity contribution in [2.24, 2.45) is 11.8 Å². The van der Waals surface area contributed by atoms with Crippen LogP contribution >= 0.6 is 24.8 Å². The molecule has 3 atom stereocenters. The third kappa shape index (κ3) is 2.74. The van der Waals surface area contributed by atoms with Crippen molar-refractivity contribution in [3.05, 3.63) is 29.3 Å². The van der Waals surface area contributed by atoms with Crippen LogP contribution < -0.4 is 5.73 Å². The third-order valence-corrected chi connectivity index (χ3v) is 6.34. The fraction of sp³-hybridized carbons (Fsp3) is 0.667. The molecule has 0 spiro atoms. The minimum atomic E-state index is 0. The van der Waals surface area contributed by atoms with Gasteiger partial charge in [-0.05, 0) is 72.7 Å². The lowest BCUT2D eigenvalue weighted by Crippen LogP contribution is -2.58. The molecule has 2 aliphatic carbocycles. The zero-order chi connectivity index (χ0) is 13.9. The van der Waals surface area contributed by atoms with Crippen molar-refractivity contribution in [1.82, 2.24) is 4.90 Å². The highest BCUT2D eigenvalue weighted by Crippen LogP contribution is 2.49. The van der Waals surface area contributed by atoms with Crippen molar-refractivity contribution in [1.29, 1.82) is 0 Å². The average molecular weight is 343 g/mol. The van der Waals surface area contributed by atoms with Gasteiger partial charge in [0.15, 0.2) is 0 Å². The molecule has 3 aliphatic rings. The van der Waals surface area contributed by atoms with Crippen molar-refractivity contribution in [3.63, 3.8) is 0 Å². The van der Waals surface area contributed by atoms with Crippen molar-refractivity contribution in [2.75, 3.05) is 18.8 Å². The molecular weight excluding hydrogens is 315 g/mol. The molecule has 1 heterocycles. The Morgan fingerprint density at radius 3 is 2.68 bits per heavy atom. The topological polar surface area (TPSA) is 29.3 Å². The van der Waals surface area contributed by atoms with Gasteiger partial charge in [-0.15, -0.1) is 24.8 Å². The first-order valence-corrected chi connectivity index (χ1v) is 8.21. The number of anilines is 1. The number of nitrogens with zero attached hydrogens (tertiary/aromatic N) is 1. The van der Waals surface area contributed by atoms with Crippen LogP contribution in [-0.2, 0) is 11.8 Å². The first kappa shape index (κ1) is 17.9. The maximum atomic E-state index is 6.05. The SMILES string of the molecule is C[C@@H]1[C@H]2Cc3ccc(N)cc3[C@]1(C)CCN2CC1CC1.Cl.Cl. The number of rotatable bonds is 2. The second kappa shape index (κ2) is 6.22. The molecule has 0 aromatic heterocycles. The number of benzene rings is 1. The average Bonchev–Trinajstić information content (AvgIpc) is 3.22. The monoisotopic (exact) mass is 342 g/mol. The van der Waals surface area contributed by atoms with E-state index in [0.717, 1.165) is 23.6 Å². The van der Waals surface area contributed by atoms with Gasteiger partial charge in [-0.1, -0.05) is 19.9 Å². The predicted molar refractivity (Wildman–Crippen MR) is 98.3 cm³/mol. The van der Waals surface area contributed by atoms with E-state index in [2.05, 4.69) is 36.9 Å². The number of halogens is 2. The van der Waals surface area contributed by atoms with Gasteiger partial charge in [0.05, 0.1) is 0 Å². The molecule has 124 valence electrons. The van der Waals surface area contributed by atoms with E-state index in [0.29, 0.717) is 5.41 Å². The van der Waals surface area contributed by atoms with Gasteiger partial charge in [-0.2, -0.15) is 0 Å². The minimum Gasteiger partial charge on any atom is -0.399 e. The molecule has 0 unspecified atom stereocenters. The third-order valence-electron chi connectivity index (χ3n) is 6.34. The van der Waals surface area contributed by atoms with Crippen LogP contribution in [0.2, 0.25) is 0 Å². The van der Waals surface area contributed by atoms with E-state index < -0.39 is 0 Å². The molecule has 22 heavy (non-hydrogen) atoms. The summed E-state index contributed by atoms with van der Waals surface area (Å²) in [6, 6.07) is 7.35. The first-order chi connectivity index (χ1) is 9.58. The molecule has 1 saturated carbocycles. The maximum absolute atomic E-state index is 6.05. The van der Waals surface area contributed by atoms with Crippen LogP contribution in [0.25, 0.3) is 0 Å². The highest BCUT2D eigenvalue weighted by atomic mass is 35.5. The summed E-state index contributed by atoms with van der Waals surface area (Å²) in [6.45, 7) is 7.55. The second-order valence-corrected chi connectivity index (χ2v) is 7.58. The number of hydrogen-bond donors (Lipinski definition) is 1. The largest absolute Gasteiger partial charge is 0.399 e. The summed E-state index contributed by atoms with van der Waals surface area (Å²) in [7, 11) is 0. The molecule has 1 aromatic carbocycles. The maximum Gasteiger partial charge on any atom is 0.0317 e. The van der Waals surface area contributed by atoms with Gasteiger partial charge in [0.25, 0.3) is 0 Å². The van der Waals surface area contributed by atoms with Crippen LogP contribution in [0.4, 0.5) is 5.69 Å². The molecule has 1 aromatic rings. The highest BCUT2D eigenvalue weighted by molar-refractivity contribution is 5.85. The fourth-order valence-corrected chi connectivity index (χ4v) is 4.58. The molecule has 4 heteroatoms. The summed E-state index contributed by atoms with van der Waals surface area (Å²) in [5.41, 5.74) is 10.4. The lowest BCUT2D eigenvalue weighted by atomic mass is 9.59. The number of fused-ring (bicyclic) bond motifs is 4. The van der Waals surface area contributed by atoms with E-state index in [1.54, 1.807) is 5.56 Å². The molecule has 0 amide bonds. The van der Waals surface area contributed by atoms with Crippen molar-refractivity contribution < 1.29 is 0 Å². The molecule has 2 fully saturated rings. The molecule has 0 radical (unpaired) electrons. The zero-order valence-electron chi connectivity index (χ0n) is 13.5. The molecule has 1 saturated heterocycles. The molecule has 2 N–H and O–H groups in total. The Labute approximate surface area is 146 Å². The zero-order valence-corrected chi connectivity index (χ0v) is 15.2. The quantitative estimate of drug-likeness (QED) is 0.821. The van der Waals surface area contributed by atoms with Crippen molar-refractivity contribution in [2.45, 2.75) is 51.0 Å². The Hall–Kier alpha value is -0.440. The van der Waals surface area contributed by atoms with Crippen LogP contribution in [-0.4, -0.2) is 24.0 Å². The lowest BCUT2D eigenvalue weighted by Gasteiger charge is -2.54. The summed E-state index contributed by atoms with van der Waals surface area (Å²) in [5.74, 6) is 1.74. The second-order valence-electron chi connectivity index (χ2n) is 7.58. The number of nitrogens with two attached hydrogens (primary N) is 1. The van der Waals surface area contributed by atoms with E-state index in [4.69, 9.17) is 5.73 Å². The Bertz CT molecular complexity index is 544. The van der Waals surface area contributed by atoms with Gasteiger partial charge in [-0.3, -0.25) is 4.90 Å². The summed E-state index contributed by atoms with van der Waals surface area (Å²) in [5, 5.41) is 0. The van der Waals surface area contributed by atoms with Gasteiger partial charge in [-0.25, -0.2) is 0 Å². The van der Waals surface area contributed by atoms with Crippen molar-refractivity contribution in [3.8, 4) is 0 Å². The Morgan fingerprint density at radius 2 is 2.00 bits per heavy atom. The van der Waals surface area contributed by atoms with Crippen LogP contribution in [0.5, 0.6) is 0 Å². The van der Waals surface area contributed by atoms with Crippen LogP contribution in [0.15, 0.2) is 18.2 Å². The van der Waals surface area contributed by atoms with E-state index in [1.807, 2.05) is 0 Å². The summed E-state index contributed by atoms with van der Waals surface area (Å²) in [6.07, 6.45) is 5.43. The van der Waals surface area contributed by atoms with Gasteiger partial charge in [0.1, 0.15) is 0 Å². The molecular formula is C18H28Cl2N2. The smallest absolute Gasteiger partial charge is 0.0317 e. The Balaban J connectivity index is 0.000000882. The Kier molecular flexibility index (Phi) is 5.06. The number of hydrogen-bond acceptors (Lipinski definition) is 2. The van der Waals surface area contributed by atoms with Gasteiger partial charge in [0.2, 0.25) is 0 Å². The van der Waals surface area contributed by atoms with Gasteiger partial charge < -0.3 is 5.73 Å².